The molecule has 1 rings (SSSR count). The van der Waals surface area contributed by atoms with Gasteiger partial charge in [0.2, 0.25) is 11.8 Å². The lowest BCUT2D eigenvalue weighted by atomic mass is 10.0. The van der Waals surface area contributed by atoms with E-state index in [1.54, 1.807) is 13.8 Å². The quantitative estimate of drug-likeness (QED) is 0.154. The van der Waals surface area contributed by atoms with E-state index in [1.165, 1.54) is 0 Å². The second-order valence-electron chi connectivity index (χ2n) is 6.73. The Labute approximate surface area is 153 Å². The lowest BCUT2D eigenvalue weighted by molar-refractivity contribution is -0.142. The number of carbonyl (C=O) groups excluding carboxylic acids is 2. The summed E-state index contributed by atoms with van der Waals surface area (Å²) in [5.74, 6) is -2.15. The molecule has 0 aromatic carbocycles. The number of rotatable bonds is 10. The number of hydrogen-bond acceptors (Lipinski definition) is 5. The Kier molecular flexibility index (Phi) is 8.83. The van der Waals surface area contributed by atoms with Crippen molar-refractivity contribution in [1.29, 1.82) is 0 Å². The molecule has 26 heavy (non-hydrogen) atoms. The second-order valence-corrected chi connectivity index (χ2v) is 6.73. The number of carbonyl (C=O) groups is 3. The van der Waals surface area contributed by atoms with E-state index in [0.717, 1.165) is 19.4 Å². The number of amides is 2. The molecule has 8 N–H and O–H groups in total. The summed E-state index contributed by atoms with van der Waals surface area (Å²) in [6, 6.07) is -2.18. The maximum atomic E-state index is 12.5. The van der Waals surface area contributed by atoms with Gasteiger partial charge < -0.3 is 32.5 Å². The average Bonchev–Trinajstić information content (AvgIpc) is 3.08. The molecule has 3 atom stereocenters. The van der Waals surface area contributed by atoms with Crippen LogP contribution >= 0.6 is 0 Å². The molecule has 0 aliphatic carbocycles. The number of carboxylic acid groups (broad SMARTS) is 1. The summed E-state index contributed by atoms with van der Waals surface area (Å²) in [5.41, 5.74) is 10.4. The average molecular weight is 370 g/mol. The molecular weight excluding hydrogens is 340 g/mol. The van der Waals surface area contributed by atoms with Gasteiger partial charge in [0.15, 0.2) is 5.96 Å². The smallest absolute Gasteiger partial charge is 0.326 e. The Morgan fingerprint density at radius 3 is 2.46 bits per heavy atom. The molecule has 0 aromatic heterocycles. The zero-order valence-corrected chi connectivity index (χ0v) is 15.3. The monoisotopic (exact) mass is 370 g/mol. The van der Waals surface area contributed by atoms with Crippen LogP contribution in [-0.4, -0.2) is 60.1 Å². The Morgan fingerprint density at radius 2 is 1.96 bits per heavy atom. The summed E-state index contributed by atoms with van der Waals surface area (Å²) < 4.78 is 0. The molecule has 2 amide bonds. The Bertz CT molecular complexity index is 527. The van der Waals surface area contributed by atoms with Gasteiger partial charge in [-0.1, -0.05) is 13.8 Å². The molecule has 0 aromatic rings. The molecule has 1 aliphatic rings. The van der Waals surface area contributed by atoms with Gasteiger partial charge in [0.25, 0.3) is 0 Å². The van der Waals surface area contributed by atoms with Crippen LogP contribution in [0, 0.1) is 5.92 Å². The summed E-state index contributed by atoms with van der Waals surface area (Å²) >= 11 is 0. The van der Waals surface area contributed by atoms with Gasteiger partial charge in [-0.05, 0) is 38.1 Å². The van der Waals surface area contributed by atoms with Crippen LogP contribution < -0.4 is 27.4 Å². The van der Waals surface area contributed by atoms with E-state index in [0.29, 0.717) is 6.42 Å². The zero-order chi connectivity index (χ0) is 19.7. The van der Waals surface area contributed by atoms with Crippen molar-refractivity contribution < 1.29 is 19.5 Å². The van der Waals surface area contributed by atoms with Crippen LogP contribution in [0.1, 0.15) is 39.5 Å². The predicted molar refractivity (Wildman–Crippen MR) is 97.3 cm³/mol. The minimum absolute atomic E-state index is 0.0657. The van der Waals surface area contributed by atoms with Crippen molar-refractivity contribution >= 4 is 23.7 Å². The van der Waals surface area contributed by atoms with E-state index in [9.17, 15) is 19.5 Å². The van der Waals surface area contributed by atoms with Gasteiger partial charge >= 0.3 is 5.97 Å². The number of carboxylic acids is 1. The number of nitrogens with zero attached hydrogens (tertiary/aromatic N) is 1. The normalized spacial score (nSPS) is 18.8. The van der Waals surface area contributed by atoms with Crippen molar-refractivity contribution in [2.75, 3.05) is 13.1 Å². The highest BCUT2D eigenvalue weighted by Gasteiger charge is 2.31. The van der Waals surface area contributed by atoms with Crippen molar-refractivity contribution in [2.24, 2.45) is 22.4 Å². The van der Waals surface area contributed by atoms with Gasteiger partial charge in [0, 0.05) is 6.54 Å². The molecule has 10 heteroatoms. The van der Waals surface area contributed by atoms with Gasteiger partial charge in [-0.3, -0.25) is 14.6 Å². The van der Waals surface area contributed by atoms with Crippen LogP contribution in [-0.2, 0) is 14.4 Å². The molecule has 1 heterocycles. The summed E-state index contributed by atoms with van der Waals surface area (Å²) in [7, 11) is 0. The first-order valence-corrected chi connectivity index (χ1v) is 8.84. The third-order valence-electron chi connectivity index (χ3n) is 4.18. The first-order valence-electron chi connectivity index (χ1n) is 8.84. The van der Waals surface area contributed by atoms with Crippen LogP contribution in [0.15, 0.2) is 4.99 Å². The van der Waals surface area contributed by atoms with E-state index in [1.807, 2.05) is 0 Å². The molecule has 148 valence electrons. The van der Waals surface area contributed by atoms with Crippen LogP contribution in [0.3, 0.4) is 0 Å². The highest BCUT2D eigenvalue weighted by Crippen LogP contribution is 2.09. The molecule has 1 fully saturated rings. The zero-order valence-electron chi connectivity index (χ0n) is 15.3. The van der Waals surface area contributed by atoms with Gasteiger partial charge in [0.05, 0.1) is 6.04 Å². The molecule has 0 radical (unpaired) electrons. The lowest BCUT2D eigenvalue weighted by Crippen LogP contribution is -2.56. The third-order valence-corrected chi connectivity index (χ3v) is 4.18. The number of nitrogens with two attached hydrogens (primary N) is 2. The van der Waals surface area contributed by atoms with E-state index in [4.69, 9.17) is 11.5 Å². The standard InChI is InChI=1S/C16H30N6O4/c1-9(2)12(22-13(23)10-5-3-7-19-10)14(24)21-11(15(25)26)6-4-8-20-16(17)18/h9-12,19H,3-8H2,1-2H3,(H,21,24)(H,22,23)(H,25,26)(H4,17,18,20). The molecule has 1 aliphatic heterocycles. The third kappa shape index (κ3) is 7.26. The van der Waals surface area contributed by atoms with Crippen LogP contribution in [0.5, 0.6) is 0 Å². The molecular formula is C16H30N6O4. The van der Waals surface area contributed by atoms with Crippen molar-refractivity contribution in [3.63, 3.8) is 0 Å². The topological polar surface area (TPSA) is 172 Å². The fraction of sp³-hybridized carbons (Fsp3) is 0.750. The Balaban J connectivity index is 2.62. The first-order chi connectivity index (χ1) is 12.2. The van der Waals surface area contributed by atoms with E-state index >= 15 is 0 Å². The maximum absolute atomic E-state index is 12.5. The Hall–Kier alpha value is -2.36. The Morgan fingerprint density at radius 1 is 1.27 bits per heavy atom. The van der Waals surface area contributed by atoms with E-state index in [-0.39, 0.29) is 36.8 Å². The fourth-order valence-corrected chi connectivity index (χ4v) is 2.72. The van der Waals surface area contributed by atoms with Crippen molar-refractivity contribution in [1.82, 2.24) is 16.0 Å². The van der Waals surface area contributed by atoms with E-state index < -0.39 is 24.0 Å². The van der Waals surface area contributed by atoms with Crippen molar-refractivity contribution in [3.8, 4) is 0 Å². The van der Waals surface area contributed by atoms with Crippen LogP contribution in [0.4, 0.5) is 0 Å². The molecule has 10 nitrogen and oxygen atoms in total. The highest BCUT2D eigenvalue weighted by atomic mass is 16.4. The maximum Gasteiger partial charge on any atom is 0.326 e. The van der Waals surface area contributed by atoms with E-state index in [2.05, 4.69) is 20.9 Å². The number of aliphatic carboxylic acids is 1. The van der Waals surface area contributed by atoms with Gasteiger partial charge in [-0.15, -0.1) is 0 Å². The second kappa shape index (κ2) is 10.6. The molecule has 0 saturated carbocycles. The van der Waals surface area contributed by atoms with Crippen LogP contribution in [0.25, 0.3) is 0 Å². The molecule has 0 spiro atoms. The predicted octanol–water partition coefficient (Wildman–Crippen LogP) is -1.50. The summed E-state index contributed by atoms with van der Waals surface area (Å²) in [4.78, 5) is 39.9. The summed E-state index contributed by atoms with van der Waals surface area (Å²) in [6.07, 6.45) is 2.22. The van der Waals surface area contributed by atoms with Crippen molar-refractivity contribution in [2.45, 2.75) is 57.7 Å². The summed E-state index contributed by atoms with van der Waals surface area (Å²) in [6.45, 7) is 4.63. The largest absolute Gasteiger partial charge is 0.480 e. The van der Waals surface area contributed by atoms with Gasteiger partial charge in [0.1, 0.15) is 12.1 Å². The van der Waals surface area contributed by atoms with Crippen LogP contribution in [0.2, 0.25) is 0 Å². The molecule has 1 saturated heterocycles. The molecule has 0 bridgehead atoms. The number of nitrogens with one attached hydrogen (secondary N) is 3. The number of guanidine groups is 1. The fourth-order valence-electron chi connectivity index (χ4n) is 2.72. The number of hydrogen-bond donors (Lipinski definition) is 6. The van der Waals surface area contributed by atoms with Gasteiger partial charge in [-0.25, -0.2) is 4.79 Å². The minimum atomic E-state index is -1.14. The lowest BCUT2D eigenvalue weighted by Gasteiger charge is -2.25. The SMILES string of the molecule is CC(C)C(NC(=O)C1CCCN1)C(=O)NC(CCCN=C(N)N)C(=O)O. The summed E-state index contributed by atoms with van der Waals surface area (Å²) in [5, 5.41) is 17.6. The first kappa shape index (κ1) is 21.7. The highest BCUT2D eigenvalue weighted by molar-refractivity contribution is 5.92. The van der Waals surface area contributed by atoms with Crippen molar-refractivity contribution in [3.05, 3.63) is 0 Å². The van der Waals surface area contributed by atoms with Gasteiger partial charge in [-0.2, -0.15) is 0 Å². The molecule has 3 unspecified atom stereocenters. The minimum Gasteiger partial charge on any atom is -0.480 e. The number of aliphatic imine (C=N–C) groups is 1.